The lowest BCUT2D eigenvalue weighted by molar-refractivity contribution is -0.00524. The molecule has 0 amide bonds. The van der Waals surface area contributed by atoms with Gasteiger partial charge in [0.25, 0.3) is 0 Å². The molecule has 9 aliphatic carbocycles. The van der Waals surface area contributed by atoms with Crippen molar-refractivity contribution >= 4 is 0 Å². The topological polar surface area (TPSA) is 0 Å². The van der Waals surface area contributed by atoms with Crippen molar-refractivity contribution in [3.8, 4) is 22.3 Å². The summed E-state index contributed by atoms with van der Waals surface area (Å²) in [7, 11) is 0. The summed E-state index contributed by atoms with van der Waals surface area (Å²) in [4.78, 5) is 0. The van der Waals surface area contributed by atoms with Crippen molar-refractivity contribution in [2.24, 2.45) is 35.5 Å². The molecule has 9 aliphatic rings. The highest BCUT2D eigenvalue weighted by Crippen LogP contribution is 2.64. The van der Waals surface area contributed by atoms with Gasteiger partial charge in [-0.1, -0.05) is 42.5 Å². The summed E-state index contributed by atoms with van der Waals surface area (Å²) in [6.45, 7) is 0. The first-order chi connectivity index (χ1) is 19.5. The van der Waals surface area contributed by atoms with Crippen LogP contribution in [0.3, 0.4) is 0 Å². The van der Waals surface area contributed by atoms with Gasteiger partial charge in [-0.3, -0.25) is 0 Å². The van der Waals surface area contributed by atoms with E-state index in [2.05, 4.69) is 42.5 Å². The first-order valence-electron chi connectivity index (χ1n) is 16.6. The molecule has 0 N–H and O–H groups in total. The molecule has 0 aromatic heterocycles. The minimum atomic E-state index is -0.129. The van der Waals surface area contributed by atoms with Gasteiger partial charge in [0.05, 0.1) is 0 Å². The Bertz CT molecular complexity index is 1470. The van der Waals surface area contributed by atoms with Crippen LogP contribution in [0.5, 0.6) is 0 Å². The zero-order valence-corrected chi connectivity index (χ0v) is 23.7. The highest BCUT2D eigenvalue weighted by atomic mass is 19.1. The van der Waals surface area contributed by atoms with E-state index < -0.39 is 0 Å². The summed E-state index contributed by atoms with van der Waals surface area (Å²) in [5, 5.41) is 0. The second-order valence-electron chi connectivity index (χ2n) is 16.0. The van der Waals surface area contributed by atoms with Gasteiger partial charge < -0.3 is 0 Å². The van der Waals surface area contributed by atoms with Crippen LogP contribution < -0.4 is 0 Å². The third-order valence-electron chi connectivity index (χ3n) is 13.5. The van der Waals surface area contributed by atoms with E-state index in [4.69, 9.17) is 0 Å². The maximum atomic E-state index is 14.2. The van der Waals surface area contributed by atoms with Crippen LogP contribution in [0.25, 0.3) is 22.3 Å². The van der Waals surface area contributed by atoms with Gasteiger partial charge in [-0.2, -0.15) is 0 Å². The first kappa shape index (κ1) is 23.2. The first-order valence-corrected chi connectivity index (χ1v) is 16.6. The molecular weight excluding hydrogens is 487 g/mol. The Morgan fingerprint density at radius 1 is 0.550 bits per heavy atom. The average molecular weight is 529 g/mol. The summed E-state index contributed by atoms with van der Waals surface area (Å²) in [6.07, 6.45) is 18.4. The second kappa shape index (κ2) is 7.90. The Labute approximate surface area is 238 Å². The number of benzene rings is 3. The van der Waals surface area contributed by atoms with Crippen LogP contribution in [0.1, 0.15) is 99.3 Å². The van der Waals surface area contributed by atoms with Crippen molar-refractivity contribution in [1.82, 2.24) is 0 Å². The highest BCUT2D eigenvalue weighted by Gasteiger charge is 2.53. The molecule has 8 fully saturated rings. The molecular formula is C39H41F. The molecule has 0 saturated heterocycles. The predicted octanol–water partition coefficient (Wildman–Crippen LogP) is 10.00. The van der Waals surface area contributed by atoms with E-state index in [1.807, 2.05) is 0 Å². The molecule has 8 bridgehead atoms. The zero-order chi connectivity index (χ0) is 26.2. The van der Waals surface area contributed by atoms with Crippen LogP contribution in [-0.2, 0) is 17.3 Å². The van der Waals surface area contributed by atoms with E-state index in [-0.39, 0.29) is 5.82 Å². The molecule has 8 saturated carbocycles. The normalized spacial score (nSPS) is 39.5. The monoisotopic (exact) mass is 528 g/mol. The number of halogens is 1. The number of hydrogen-bond donors (Lipinski definition) is 0. The van der Waals surface area contributed by atoms with Crippen LogP contribution in [-0.4, -0.2) is 0 Å². The molecule has 204 valence electrons. The molecule has 3 aromatic carbocycles. The molecule has 0 nitrogen and oxygen atoms in total. The van der Waals surface area contributed by atoms with Gasteiger partial charge in [0.1, 0.15) is 5.82 Å². The van der Waals surface area contributed by atoms with Crippen LogP contribution in [0.15, 0.2) is 54.6 Å². The minimum absolute atomic E-state index is 0.129. The highest BCUT2D eigenvalue weighted by molar-refractivity contribution is 5.87. The minimum Gasteiger partial charge on any atom is -0.207 e. The van der Waals surface area contributed by atoms with Crippen LogP contribution in [0.2, 0.25) is 0 Å². The van der Waals surface area contributed by atoms with Crippen molar-refractivity contribution in [3.05, 3.63) is 82.7 Å². The van der Waals surface area contributed by atoms with Crippen molar-refractivity contribution in [2.75, 3.05) is 0 Å². The van der Waals surface area contributed by atoms with E-state index in [9.17, 15) is 4.39 Å². The van der Waals surface area contributed by atoms with Crippen molar-refractivity contribution in [3.63, 3.8) is 0 Å². The molecule has 3 aromatic rings. The summed E-state index contributed by atoms with van der Waals surface area (Å²) in [6, 6.07) is 20.2. The summed E-state index contributed by atoms with van der Waals surface area (Å²) in [5.74, 6) is 5.55. The lowest BCUT2D eigenvalue weighted by Gasteiger charge is -2.57. The zero-order valence-electron chi connectivity index (χ0n) is 23.7. The van der Waals surface area contributed by atoms with Crippen LogP contribution in [0, 0.1) is 41.3 Å². The maximum absolute atomic E-state index is 14.2. The van der Waals surface area contributed by atoms with Gasteiger partial charge in [-0.05, 0) is 186 Å². The van der Waals surface area contributed by atoms with E-state index >= 15 is 0 Å². The van der Waals surface area contributed by atoms with E-state index in [1.54, 1.807) is 28.8 Å². The third-order valence-corrected chi connectivity index (χ3v) is 13.5. The van der Waals surface area contributed by atoms with Crippen molar-refractivity contribution in [2.45, 2.75) is 94.3 Å². The Balaban J connectivity index is 1.10. The van der Waals surface area contributed by atoms with Gasteiger partial charge >= 0.3 is 0 Å². The lowest BCUT2D eigenvalue weighted by Crippen LogP contribution is -2.48. The van der Waals surface area contributed by atoms with Gasteiger partial charge in [0, 0.05) is 0 Å². The maximum Gasteiger partial charge on any atom is 0.123 e. The molecule has 0 radical (unpaired) electrons. The van der Waals surface area contributed by atoms with Gasteiger partial charge in [-0.25, -0.2) is 4.39 Å². The van der Waals surface area contributed by atoms with Gasteiger partial charge in [0.15, 0.2) is 0 Å². The smallest absolute Gasteiger partial charge is 0.123 e. The molecule has 40 heavy (non-hydrogen) atoms. The SMILES string of the molecule is Fc1ccc(-c2c(C34CC5CC(CC(C5)C3)C4)ccc3c2Cc2cc(C45CC6CC(CC(C6)C4)C5)ccc2-3)cc1. The average Bonchev–Trinajstić information content (AvgIpc) is 3.30. The Hall–Kier alpha value is -2.41. The van der Waals surface area contributed by atoms with Gasteiger partial charge in [0.2, 0.25) is 0 Å². The molecule has 0 atom stereocenters. The molecule has 12 rings (SSSR count). The van der Waals surface area contributed by atoms with Crippen molar-refractivity contribution < 1.29 is 4.39 Å². The van der Waals surface area contributed by atoms with E-state index in [0.717, 1.165) is 41.9 Å². The third kappa shape index (κ3) is 3.19. The lowest BCUT2D eigenvalue weighted by atomic mass is 9.47. The fourth-order valence-electron chi connectivity index (χ4n) is 12.9. The Morgan fingerprint density at radius 3 is 1.65 bits per heavy atom. The van der Waals surface area contributed by atoms with Crippen molar-refractivity contribution in [1.29, 1.82) is 0 Å². The van der Waals surface area contributed by atoms with Crippen LogP contribution in [0.4, 0.5) is 4.39 Å². The molecule has 0 spiro atoms. The number of hydrogen-bond acceptors (Lipinski definition) is 0. The number of fused-ring (bicyclic) bond motifs is 3. The molecule has 1 heteroatoms. The summed E-state index contributed by atoms with van der Waals surface area (Å²) >= 11 is 0. The Kier molecular flexibility index (Phi) is 4.58. The quantitative estimate of drug-likeness (QED) is 0.248. The van der Waals surface area contributed by atoms with Crippen LogP contribution >= 0.6 is 0 Å². The standard InChI is InChI=1S/C39H41F/c40-32-4-1-29(2-5-32)37-35-16-30-15-31(38-17-23-9-24(18-38)11-25(10-23)19-38)3-6-33(30)34(35)7-8-36(37)39-20-26-12-27(21-39)14-28(13-26)22-39/h1-8,15,23-28H,9-14,16-22H2. The number of rotatable bonds is 3. The predicted molar refractivity (Wildman–Crippen MR) is 160 cm³/mol. The fraction of sp³-hybridized carbons (Fsp3) is 0.538. The van der Waals surface area contributed by atoms with E-state index in [1.165, 1.54) is 105 Å². The van der Waals surface area contributed by atoms with E-state index in [0.29, 0.717) is 10.8 Å². The second-order valence-corrected chi connectivity index (χ2v) is 16.0. The summed E-state index contributed by atoms with van der Waals surface area (Å²) < 4.78 is 14.2. The fourth-order valence-corrected chi connectivity index (χ4v) is 12.9. The summed E-state index contributed by atoms with van der Waals surface area (Å²) in [5.41, 5.74) is 12.7. The largest absolute Gasteiger partial charge is 0.207 e. The molecule has 0 unspecified atom stereocenters. The Morgan fingerprint density at radius 2 is 1.07 bits per heavy atom. The van der Waals surface area contributed by atoms with Gasteiger partial charge in [-0.15, -0.1) is 0 Å². The molecule has 0 heterocycles. The molecule has 0 aliphatic heterocycles.